The van der Waals surface area contributed by atoms with Gasteiger partial charge in [0.15, 0.2) is 5.13 Å². The number of carbonyl (C=O) groups excluding carboxylic acids is 1. The summed E-state index contributed by atoms with van der Waals surface area (Å²) in [5, 5.41) is 4.77. The fourth-order valence-electron chi connectivity index (χ4n) is 3.08. The average Bonchev–Trinajstić information content (AvgIpc) is 3.10. The average molecular weight is 447 g/mol. The molecule has 3 rings (SSSR count). The van der Waals surface area contributed by atoms with Crippen molar-refractivity contribution in [3.8, 4) is 0 Å². The van der Waals surface area contributed by atoms with Crippen molar-refractivity contribution in [3.63, 3.8) is 0 Å². The SMILES string of the molecule is CC(C)Cc1ccc([C@@H](C)C(=O)Nc2ncc(Cc3ccc(Cl)cc3Cl)s2)cc1. The monoisotopic (exact) mass is 446 g/mol. The molecular weight excluding hydrogens is 423 g/mol. The maximum Gasteiger partial charge on any atom is 0.233 e. The molecule has 0 aliphatic rings. The minimum absolute atomic E-state index is 0.0629. The van der Waals surface area contributed by atoms with Crippen LogP contribution in [0.5, 0.6) is 0 Å². The predicted octanol–water partition coefficient (Wildman–Crippen LogP) is 6.98. The van der Waals surface area contributed by atoms with Crippen molar-refractivity contribution >= 4 is 45.6 Å². The van der Waals surface area contributed by atoms with Crippen molar-refractivity contribution < 1.29 is 4.79 Å². The molecule has 152 valence electrons. The van der Waals surface area contributed by atoms with Gasteiger partial charge in [0.05, 0.1) is 5.92 Å². The number of hydrogen-bond acceptors (Lipinski definition) is 3. The van der Waals surface area contributed by atoms with Crippen LogP contribution in [0.25, 0.3) is 0 Å². The largest absolute Gasteiger partial charge is 0.301 e. The molecule has 0 unspecified atom stereocenters. The molecule has 1 amide bonds. The molecule has 29 heavy (non-hydrogen) atoms. The van der Waals surface area contributed by atoms with Gasteiger partial charge in [-0.05, 0) is 48.1 Å². The molecule has 3 nitrogen and oxygen atoms in total. The van der Waals surface area contributed by atoms with Crippen LogP contribution in [-0.2, 0) is 17.6 Å². The molecular formula is C23H24Cl2N2OS. The van der Waals surface area contributed by atoms with E-state index in [0.717, 1.165) is 22.4 Å². The predicted molar refractivity (Wildman–Crippen MR) is 123 cm³/mol. The maximum atomic E-state index is 12.7. The second-order valence-electron chi connectivity index (χ2n) is 7.59. The van der Waals surface area contributed by atoms with E-state index >= 15 is 0 Å². The van der Waals surface area contributed by atoms with E-state index in [9.17, 15) is 4.79 Å². The summed E-state index contributed by atoms with van der Waals surface area (Å²) in [5.41, 5.74) is 3.27. The van der Waals surface area contributed by atoms with E-state index in [2.05, 4.69) is 36.3 Å². The molecule has 3 aromatic rings. The van der Waals surface area contributed by atoms with E-state index in [1.54, 1.807) is 12.3 Å². The number of benzene rings is 2. The molecule has 0 bridgehead atoms. The summed E-state index contributed by atoms with van der Waals surface area (Å²) in [7, 11) is 0. The van der Waals surface area contributed by atoms with Crippen molar-refractivity contribution in [2.75, 3.05) is 5.32 Å². The zero-order chi connectivity index (χ0) is 21.0. The summed E-state index contributed by atoms with van der Waals surface area (Å²) in [5.74, 6) is 0.302. The van der Waals surface area contributed by atoms with Crippen LogP contribution in [0.15, 0.2) is 48.7 Å². The van der Waals surface area contributed by atoms with E-state index in [4.69, 9.17) is 23.2 Å². The van der Waals surface area contributed by atoms with Crippen molar-refractivity contribution in [2.24, 2.45) is 5.92 Å². The summed E-state index contributed by atoms with van der Waals surface area (Å²) < 4.78 is 0. The van der Waals surface area contributed by atoms with Crippen LogP contribution in [0.3, 0.4) is 0 Å². The van der Waals surface area contributed by atoms with Gasteiger partial charge >= 0.3 is 0 Å². The highest BCUT2D eigenvalue weighted by Crippen LogP contribution is 2.27. The highest BCUT2D eigenvalue weighted by Gasteiger charge is 2.17. The second-order valence-corrected chi connectivity index (χ2v) is 9.55. The topological polar surface area (TPSA) is 42.0 Å². The molecule has 1 atom stereocenters. The number of nitrogens with zero attached hydrogens (tertiary/aromatic N) is 1. The summed E-state index contributed by atoms with van der Waals surface area (Å²) in [6.45, 7) is 6.31. The number of hydrogen-bond donors (Lipinski definition) is 1. The number of halogens is 2. The lowest BCUT2D eigenvalue weighted by molar-refractivity contribution is -0.117. The molecule has 2 aromatic carbocycles. The van der Waals surface area contributed by atoms with Gasteiger partial charge in [-0.25, -0.2) is 4.98 Å². The number of rotatable bonds is 7. The number of amides is 1. The number of thiazole rings is 1. The molecule has 0 fully saturated rings. The molecule has 0 aliphatic carbocycles. The van der Waals surface area contributed by atoms with Gasteiger partial charge in [0, 0.05) is 27.5 Å². The van der Waals surface area contributed by atoms with Crippen LogP contribution in [0.1, 0.15) is 48.3 Å². The van der Waals surface area contributed by atoms with Gasteiger partial charge in [0.1, 0.15) is 0 Å². The Hall–Kier alpha value is -1.88. The van der Waals surface area contributed by atoms with Gasteiger partial charge in [-0.2, -0.15) is 0 Å². The zero-order valence-corrected chi connectivity index (χ0v) is 19.0. The second kappa shape index (κ2) is 9.75. The summed E-state index contributed by atoms with van der Waals surface area (Å²) >= 11 is 13.7. The van der Waals surface area contributed by atoms with Gasteiger partial charge in [-0.1, -0.05) is 67.4 Å². The van der Waals surface area contributed by atoms with E-state index < -0.39 is 0 Å². The van der Waals surface area contributed by atoms with Gasteiger partial charge in [0.2, 0.25) is 5.91 Å². The van der Waals surface area contributed by atoms with Crippen LogP contribution in [0, 0.1) is 5.92 Å². The lowest BCUT2D eigenvalue weighted by atomic mass is 9.96. The maximum absolute atomic E-state index is 12.7. The molecule has 1 aromatic heterocycles. The number of nitrogens with one attached hydrogen (secondary N) is 1. The minimum Gasteiger partial charge on any atom is -0.301 e. The molecule has 0 radical (unpaired) electrons. The Morgan fingerprint density at radius 2 is 1.83 bits per heavy atom. The Kier molecular flexibility index (Phi) is 7.33. The standard InChI is InChI=1S/C23H24Cl2N2OS/c1-14(2)10-16-4-6-17(7-5-16)15(3)22(28)27-23-26-13-20(29-23)11-18-8-9-19(24)12-21(18)25/h4-9,12-15H,10-11H2,1-3H3,(H,26,27,28)/t15-/m1/s1. The third-order valence-electron chi connectivity index (χ3n) is 4.68. The fraction of sp³-hybridized carbons (Fsp3) is 0.304. The van der Waals surface area contributed by atoms with Crippen LogP contribution in [0.4, 0.5) is 5.13 Å². The van der Waals surface area contributed by atoms with Crippen LogP contribution >= 0.6 is 34.5 Å². The Balaban J connectivity index is 1.62. The van der Waals surface area contributed by atoms with Gasteiger partial charge in [0.25, 0.3) is 0 Å². The highest BCUT2D eigenvalue weighted by molar-refractivity contribution is 7.15. The van der Waals surface area contributed by atoms with Crippen molar-refractivity contribution in [1.82, 2.24) is 4.98 Å². The van der Waals surface area contributed by atoms with Crippen molar-refractivity contribution in [2.45, 2.75) is 39.5 Å². The highest BCUT2D eigenvalue weighted by atomic mass is 35.5. The first-order valence-electron chi connectivity index (χ1n) is 9.60. The number of carbonyl (C=O) groups is 1. The smallest absolute Gasteiger partial charge is 0.233 e. The first-order valence-corrected chi connectivity index (χ1v) is 11.2. The Morgan fingerprint density at radius 1 is 1.10 bits per heavy atom. The van der Waals surface area contributed by atoms with Crippen LogP contribution in [-0.4, -0.2) is 10.9 Å². The minimum atomic E-state index is -0.249. The van der Waals surface area contributed by atoms with Gasteiger partial charge < -0.3 is 5.32 Å². The molecule has 6 heteroatoms. The van der Waals surface area contributed by atoms with E-state index in [1.807, 2.05) is 31.2 Å². The third-order valence-corrected chi connectivity index (χ3v) is 6.18. The zero-order valence-electron chi connectivity index (χ0n) is 16.7. The summed E-state index contributed by atoms with van der Waals surface area (Å²) in [6, 6.07) is 13.8. The first-order chi connectivity index (χ1) is 13.8. The van der Waals surface area contributed by atoms with Gasteiger partial charge in [-0.15, -0.1) is 11.3 Å². The van der Waals surface area contributed by atoms with E-state index in [-0.39, 0.29) is 11.8 Å². The normalized spacial score (nSPS) is 12.2. The molecule has 0 saturated carbocycles. The van der Waals surface area contributed by atoms with Crippen molar-refractivity contribution in [1.29, 1.82) is 0 Å². The Bertz CT molecular complexity index is 983. The van der Waals surface area contributed by atoms with Gasteiger partial charge in [-0.3, -0.25) is 4.79 Å². The van der Waals surface area contributed by atoms with E-state index in [0.29, 0.717) is 27.5 Å². The van der Waals surface area contributed by atoms with Crippen LogP contribution in [0.2, 0.25) is 10.0 Å². The number of anilines is 1. The Labute approximate surface area is 186 Å². The lowest BCUT2D eigenvalue weighted by Gasteiger charge is -2.12. The molecule has 1 N–H and O–H groups in total. The van der Waals surface area contributed by atoms with Crippen molar-refractivity contribution in [3.05, 3.63) is 80.3 Å². The lowest BCUT2D eigenvalue weighted by Crippen LogP contribution is -2.18. The Morgan fingerprint density at radius 3 is 2.48 bits per heavy atom. The number of aromatic nitrogens is 1. The third kappa shape index (κ3) is 6.05. The summed E-state index contributed by atoms with van der Waals surface area (Å²) in [4.78, 5) is 18.0. The van der Waals surface area contributed by atoms with Crippen LogP contribution < -0.4 is 5.32 Å². The molecule has 1 heterocycles. The quantitative estimate of drug-likeness (QED) is 0.425. The molecule has 0 aliphatic heterocycles. The molecule has 0 spiro atoms. The fourth-order valence-corrected chi connectivity index (χ4v) is 4.39. The summed E-state index contributed by atoms with van der Waals surface area (Å²) in [6.07, 6.45) is 3.47. The first kappa shape index (κ1) is 21.8. The van der Waals surface area contributed by atoms with E-state index in [1.165, 1.54) is 16.9 Å². The molecule has 0 saturated heterocycles.